The lowest BCUT2D eigenvalue weighted by Crippen LogP contribution is -2.49. The summed E-state index contributed by atoms with van der Waals surface area (Å²) >= 11 is 4.53. The summed E-state index contributed by atoms with van der Waals surface area (Å²) in [6.45, 7) is 18.0. The highest BCUT2D eigenvalue weighted by Crippen LogP contribution is 2.66. The van der Waals surface area contributed by atoms with Gasteiger partial charge in [-0.2, -0.15) is 0 Å². The highest BCUT2D eigenvalue weighted by Gasteiger charge is 2.55. The number of hydrogen-bond donors (Lipinski definition) is 0. The predicted octanol–water partition coefficient (Wildman–Crippen LogP) is 7.05. The standard InChI is InChI=1S/C20H36S2Si/c1-14(2)16-12-17-15(3)20(21-10-11-22-20)9-8-19(17,4)18(13-16)23(5,6)7/h14,16,18H,8-13H2,1-7H3/t16-,18+,19+/m0/s1. The van der Waals surface area contributed by atoms with Gasteiger partial charge in [-0.05, 0) is 61.0 Å². The molecule has 2 aliphatic carbocycles. The SMILES string of the molecule is CC1=C2C[C@H](C(C)C)C[C@@H]([Si](C)(C)C)[C@]2(C)CCC12SCCS2. The van der Waals surface area contributed by atoms with Crippen molar-refractivity contribution in [3.05, 3.63) is 11.1 Å². The first kappa shape index (κ1) is 18.4. The van der Waals surface area contributed by atoms with E-state index < -0.39 is 8.07 Å². The number of allylic oxidation sites excluding steroid dienone is 1. The van der Waals surface area contributed by atoms with E-state index in [0.717, 1.165) is 17.4 Å². The van der Waals surface area contributed by atoms with Crippen LogP contribution in [-0.4, -0.2) is 23.7 Å². The Morgan fingerprint density at radius 2 is 1.70 bits per heavy atom. The van der Waals surface area contributed by atoms with Gasteiger partial charge in [-0.3, -0.25) is 0 Å². The highest BCUT2D eigenvalue weighted by atomic mass is 32.2. The van der Waals surface area contributed by atoms with Gasteiger partial charge in [0.25, 0.3) is 0 Å². The van der Waals surface area contributed by atoms with Crippen LogP contribution in [0.4, 0.5) is 0 Å². The van der Waals surface area contributed by atoms with Crippen molar-refractivity contribution in [2.24, 2.45) is 17.3 Å². The molecule has 0 bridgehead atoms. The molecule has 1 saturated carbocycles. The summed E-state index contributed by atoms with van der Waals surface area (Å²) in [5.41, 5.74) is 5.18. The van der Waals surface area contributed by atoms with Gasteiger partial charge in [-0.25, -0.2) is 0 Å². The first-order valence-corrected chi connectivity index (χ1v) is 15.1. The summed E-state index contributed by atoms with van der Waals surface area (Å²) in [6, 6.07) is 0. The van der Waals surface area contributed by atoms with Crippen molar-refractivity contribution in [1.29, 1.82) is 0 Å². The molecule has 1 spiro atoms. The van der Waals surface area contributed by atoms with Crippen molar-refractivity contribution >= 4 is 31.6 Å². The first-order valence-electron chi connectivity index (χ1n) is 9.59. The molecular weight excluding hydrogens is 332 g/mol. The Bertz CT molecular complexity index is 496. The molecule has 3 aliphatic rings. The van der Waals surface area contributed by atoms with E-state index in [-0.39, 0.29) is 0 Å². The summed E-state index contributed by atoms with van der Waals surface area (Å²) < 4.78 is 0.456. The zero-order valence-corrected chi connectivity index (χ0v) is 18.9. The number of rotatable bonds is 2. The van der Waals surface area contributed by atoms with Crippen LogP contribution in [0.3, 0.4) is 0 Å². The Balaban J connectivity index is 2.07. The van der Waals surface area contributed by atoms with E-state index in [1.165, 1.54) is 37.2 Å². The zero-order valence-electron chi connectivity index (χ0n) is 16.3. The monoisotopic (exact) mass is 368 g/mol. The van der Waals surface area contributed by atoms with Gasteiger partial charge in [0, 0.05) is 19.6 Å². The van der Waals surface area contributed by atoms with Crippen LogP contribution in [0.15, 0.2) is 11.1 Å². The van der Waals surface area contributed by atoms with Crippen molar-refractivity contribution in [3.8, 4) is 0 Å². The van der Waals surface area contributed by atoms with E-state index in [4.69, 9.17) is 0 Å². The van der Waals surface area contributed by atoms with Crippen LogP contribution in [-0.2, 0) is 0 Å². The molecule has 23 heavy (non-hydrogen) atoms. The summed E-state index contributed by atoms with van der Waals surface area (Å²) in [5, 5.41) is 0. The fourth-order valence-electron chi connectivity index (χ4n) is 5.73. The molecule has 1 heterocycles. The zero-order chi connectivity index (χ0) is 17.0. The van der Waals surface area contributed by atoms with Gasteiger partial charge in [-0.15, -0.1) is 23.5 Å². The quantitative estimate of drug-likeness (QED) is 0.378. The lowest BCUT2D eigenvalue weighted by molar-refractivity contribution is 0.182. The minimum absolute atomic E-state index is 0.456. The number of hydrogen-bond acceptors (Lipinski definition) is 2. The van der Waals surface area contributed by atoms with Gasteiger partial charge in [0.15, 0.2) is 0 Å². The molecule has 3 heteroatoms. The van der Waals surface area contributed by atoms with Gasteiger partial charge >= 0.3 is 0 Å². The highest BCUT2D eigenvalue weighted by molar-refractivity contribution is 8.21. The molecule has 1 aliphatic heterocycles. The van der Waals surface area contributed by atoms with Gasteiger partial charge in [0.2, 0.25) is 0 Å². The van der Waals surface area contributed by atoms with Crippen molar-refractivity contribution in [3.63, 3.8) is 0 Å². The van der Waals surface area contributed by atoms with E-state index in [2.05, 4.69) is 70.9 Å². The van der Waals surface area contributed by atoms with Crippen molar-refractivity contribution in [2.75, 3.05) is 11.5 Å². The maximum Gasteiger partial charge on any atom is 0.0821 e. The third-order valence-corrected chi connectivity index (χ3v) is 13.9. The Kier molecular flexibility index (Phi) is 4.91. The van der Waals surface area contributed by atoms with Crippen LogP contribution < -0.4 is 0 Å². The summed E-state index contributed by atoms with van der Waals surface area (Å²) in [6.07, 6.45) is 5.75. The molecule has 3 rings (SSSR count). The summed E-state index contributed by atoms with van der Waals surface area (Å²) in [4.78, 5) is 0. The lowest BCUT2D eigenvalue weighted by Gasteiger charge is -2.57. The van der Waals surface area contributed by atoms with E-state index in [1.54, 1.807) is 5.57 Å². The molecule has 0 amide bonds. The number of thioether (sulfide) groups is 2. The Morgan fingerprint density at radius 3 is 2.22 bits per heavy atom. The maximum atomic E-state index is 2.66. The molecule has 0 aromatic rings. The van der Waals surface area contributed by atoms with Crippen LogP contribution in [0.2, 0.25) is 25.2 Å². The van der Waals surface area contributed by atoms with Gasteiger partial charge in [0.1, 0.15) is 0 Å². The molecule has 0 radical (unpaired) electrons. The van der Waals surface area contributed by atoms with E-state index in [1.807, 2.05) is 5.57 Å². The van der Waals surface area contributed by atoms with Crippen molar-refractivity contribution in [1.82, 2.24) is 0 Å². The molecule has 0 N–H and O–H groups in total. The smallest absolute Gasteiger partial charge is 0.0821 e. The molecule has 1 saturated heterocycles. The van der Waals surface area contributed by atoms with Gasteiger partial charge < -0.3 is 0 Å². The van der Waals surface area contributed by atoms with Gasteiger partial charge in [-0.1, -0.05) is 46.0 Å². The maximum absolute atomic E-state index is 2.66. The third-order valence-electron chi connectivity index (χ3n) is 7.20. The second kappa shape index (κ2) is 6.12. The van der Waals surface area contributed by atoms with E-state index in [9.17, 15) is 0 Å². The average molecular weight is 369 g/mol. The predicted molar refractivity (Wildman–Crippen MR) is 112 cm³/mol. The average Bonchev–Trinajstić information content (AvgIpc) is 2.92. The first-order chi connectivity index (χ1) is 10.6. The van der Waals surface area contributed by atoms with E-state index >= 15 is 0 Å². The molecular formula is C20H36S2Si. The van der Waals surface area contributed by atoms with Crippen LogP contribution >= 0.6 is 23.5 Å². The van der Waals surface area contributed by atoms with Crippen LogP contribution in [0.1, 0.15) is 53.4 Å². The minimum Gasteiger partial charge on any atom is -0.139 e. The van der Waals surface area contributed by atoms with Crippen LogP contribution in [0.25, 0.3) is 0 Å². The van der Waals surface area contributed by atoms with Crippen molar-refractivity contribution in [2.45, 2.75) is 82.6 Å². The second-order valence-electron chi connectivity index (χ2n) is 9.83. The largest absolute Gasteiger partial charge is 0.139 e. The molecule has 0 aromatic carbocycles. The molecule has 2 fully saturated rings. The molecule has 3 atom stereocenters. The van der Waals surface area contributed by atoms with Crippen LogP contribution in [0, 0.1) is 17.3 Å². The Labute approximate surface area is 154 Å². The molecule has 0 aromatic heterocycles. The summed E-state index contributed by atoms with van der Waals surface area (Å²) in [7, 11) is -1.15. The molecule has 0 nitrogen and oxygen atoms in total. The van der Waals surface area contributed by atoms with Gasteiger partial charge in [0.05, 0.1) is 4.08 Å². The summed E-state index contributed by atoms with van der Waals surface area (Å²) in [5.74, 6) is 4.46. The fourth-order valence-corrected chi connectivity index (χ4v) is 12.3. The Hall–Kier alpha value is 0.657. The Morgan fingerprint density at radius 1 is 1.09 bits per heavy atom. The lowest BCUT2D eigenvalue weighted by atomic mass is 9.59. The fraction of sp³-hybridized carbons (Fsp3) is 0.900. The van der Waals surface area contributed by atoms with E-state index in [0.29, 0.717) is 9.49 Å². The second-order valence-corrected chi connectivity index (χ2v) is 18.3. The third kappa shape index (κ3) is 3.01. The molecule has 0 unspecified atom stereocenters. The normalized spacial score (nSPS) is 37.6. The minimum atomic E-state index is -1.15. The van der Waals surface area contributed by atoms with Crippen molar-refractivity contribution < 1.29 is 0 Å². The molecule has 132 valence electrons. The number of fused-ring (bicyclic) bond motifs is 1. The van der Waals surface area contributed by atoms with Crippen LogP contribution in [0.5, 0.6) is 0 Å². The topological polar surface area (TPSA) is 0 Å².